The van der Waals surface area contributed by atoms with Gasteiger partial charge in [0.2, 0.25) is 5.91 Å². The van der Waals surface area contributed by atoms with Crippen molar-refractivity contribution in [3.8, 4) is 5.75 Å². The van der Waals surface area contributed by atoms with Gasteiger partial charge in [-0.3, -0.25) is 9.79 Å². The lowest BCUT2D eigenvalue weighted by Crippen LogP contribution is -2.45. The van der Waals surface area contributed by atoms with E-state index in [2.05, 4.69) is 40.9 Å². The first kappa shape index (κ1) is 23.5. The molecule has 1 atom stereocenters. The van der Waals surface area contributed by atoms with Crippen molar-refractivity contribution in [1.82, 2.24) is 16.0 Å². The van der Waals surface area contributed by atoms with Gasteiger partial charge in [-0.05, 0) is 40.7 Å². The van der Waals surface area contributed by atoms with Crippen molar-refractivity contribution in [2.75, 3.05) is 13.1 Å². The van der Waals surface area contributed by atoms with Gasteiger partial charge in [0.15, 0.2) is 5.96 Å². The Morgan fingerprint density at radius 3 is 2.70 bits per heavy atom. The number of fused-ring (bicyclic) bond motifs is 1. The maximum absolute atomic E-state index is 11.8. The van der Waals surface area contributed by atoms with Crippen LogP contribution in [0.3, 0.4) is 0 Å². The maximum Gasteiger partial charge on any atom is 0.222 e. The Hall–Kier alpha value is -1.51. The van der Waals surface area contributed by atoms with Crippen LogP contribution in [0.4, 0.5) is 0 Å². The molecule has 0 fully saturated rings. The van der Waals surface area contributed by atoms with E-state index in [1.54, 1.807) is 0 Å². The molecule has 6 nitrogen and oxygen atoms in total. The number of hydrogen-bond donors (Lipinski definition) is 3. The first-order chi connectivity index (χ1) is 12.3. The van der Waals surface area contributed by atoms with Crippen LogP contribution in [0.1, 0.15) is 59.1 Å². The van der Waals surface area contributed by atoms with Gasteiger partial charge in [0.25, 0.3) is 0 Å². The van der Waals surface area contributed by atoms with Crippen molar-refractivity contribution in [3.05, 3.63) is 29.8 Å². The summed E-state index contributed by atoms with van der Waals surface area (Å²) in [5, 5.41) is 9.67. The smallest absolute Gasteiger partial charge is 0.222 e. The van der Waals surface area contributed by atoms with Crippen LogP contribution in [0.2, 0.25) is 0 Å². The van der Waals surface area contributed by atoms with Crippen molar-refractivity contribution in [2.45, 2.75) is 65.1 Å². The number of carbonyl (C=O) groups is 1. The largest absolute Gasteiger partial charge is 0.487 e. The zero-order chi connectivity index (χ0) is 19.2. The van der Waals surface area contributed by atoms with Gasteiger partial charge >= 0.3 is 0 Å². The second kappa shape index (κ2) is 10.7. The van der Waals surface area contributed by atoms with Crippen LogP contribution in [0.25, 0.3) is 0 Å². The van der Waals surface area contributed by atoms with Gasteiger partial charge in [-0.1, -0.05) is 18.2 Å². The predicted molar refractivity (Wildman–Crippen MR) is 121 cm³/mol. The predicted octanol–water partition coefficient (Wildman–Crippen LogP) is 3.38. The summed E-state index contributed by atoms with van der Waals surface area (Å²) < 4.78 is 6.09. The van der Waals surface area contributed by atoms with Crippen LogP contribution in [0.5, 0.6) is 5.75 Å². The number of guanidine groups is 1. The topological polar surface area (TPSA) is 74.8 Å². The van der Waals surface area contributed by atoms with Crippen molar-refractivity contribution in [2.24, 2.45) is 4.99 Å². The Bertz CT molecular complexity index is 647. The summed E-state index contributed by atoms with van der Waals surface area (Å²) in [7, 11) is 0. The van der Waals surface area contributed by atoms with Gasteiger partial charge in [-0.25, -0.2) is 0 Å². The van der Waals surface area contributed by atoms with E-state index in [4.69, 9.17) is 4.74 Å². The molecular formula is C20H33IN4O2. The lowest BCUT2D eigenvalue weighted by molar-refractivity contribution is -0.121. The number of rotatable bonds is 6. The van der Waals surface area contributed by atoms with E-state index in [0.29, 0.717) is 13.0 Å². The third kappa shape index (κ3) is 7.56. The standard InChI is InChI=1S/C20H32N4O2.HI/c1-6-21-19(22-12-11-18(25)23-14(2)3)24-16-13-20(4,5)26-17-10-8-7-9-15(16)17;/h7-10,14,16H,6,11-13H2,1-5H3,(H,23,25)(H2,21,22,24);1H. The number of nitrogens with zero attached hydrogens (tertiary/aromatic N) is 1. The monoisotopic (exact) mass is 488 g/mol. The fraction of sp³-hybridized carbons (Fsp3) is 0.600. The Labute approximate surface area is 179 Å². The second-order valence-electron chi connectivity index (χ2n) is 7.53. The Morgan fingerprint density at radius 1 is 1.33 bits per heavy atom. The molecule has 0 spiro atoms. The summed E-state index contributed by atoms with van der Waals surface area (Å²) in [5.74, 6) is 1.66. The van der Waals surface area contributed by atoms with E-state index < -0.39 is 0 Å². The number of amides is 1. The molecule has 1 unspecified atom stereocenters. The fourth-order valence-corrected chi connectivity index (χ4v) is 3.08. The zero-order valence-electron chi connectivity index (χ0n) is 17.0. The quantitative estimate of drug-likeness (QED) is 0.326. The van der Waals surface area contributed by atoms with E-state index in [0.717, 1.165) is 30.2 Å². The van der Waals surface area contributed by atoms with E-state index in [1.807, 2.05) is 39.0 Å². The Balaban J connectivity index is 0.00000364. The molecule has 3 N–H and O–H groups in total. The number of nitrogens with one attached hydrogen (secondary N) is 3. The molecule has 27 heavy (non-hydrogen) atoms. The first-order valence-corrected chi connectivity index (χ1v) is 9.43. The van der Waals surface area contributed by atoms with Crippen LogP contribution < -0.4 is 20.7 Å². The molecule has 1 amide bonds. The highest BCUT2D eigenvalue weighted by Gasteiger charge is 2.33. The SMILES string of the molecule is CCNC(=NCCC(=O)NC(C)C)NC1CC(C)(C)Oc2ccccc21.I. The molecule has 1 aliphatic rings. The molecule has 0 aliphatic carbocycles. The van der Waals surface area contributed by atoms with Crippen LogP contribution in [0, 0.1) is 0 Å². The van der Waals surface area contributed by atoms with Gasteiger partial charge < -0.3 is 20.7 Å². The number of halogens is 1. The lowest BCUT2D eigenvalue weighted by atomic mass is 9.90. The molecule has 2 rings (SSSR count). The van der Waals surface area contributed by atoms with Crippen LogP contribution in [0.15, 0.2) is 29.3 Å². The number of para-hydroxylation sites is 1. The summed E-state index contributed by atoms with van der Waals surface area (Å²) in [4.78, 5) is 16.4. The molecule has 1 aromatic carbocycles. The van der Waals surface area contributed by atoms with Gasteiger partial charge in [0, 0.05) is 31.0 Å². The minimum Gasteiger partial charge on any atom is -0.487 e. The summed E-state index contributed by atoms with van der Waals surface area (Å²) >= 11 is 0. The van der Waals surface area contributed by atoms with Crippen LogP contribution in [-0.2, 0) is 4.79 Å². The molecule has 1 aliphatic heterocycles. The normalized spacial score (nSPS) is 18.0. The number of aliphatic imine (C=N–C) groups is 1. The summed E-state index contributed by atoms with van der Waals surface area (Å²) in [5.41, 5.74) is 0.885. The Kier molecular flexibility index (Phi) is 9.35. The first-order valence-electron chi connectivity index (χ1n) is 9.43. The minimum atomic E-state index is -0.250. The number of carbonyl (C=O) groups excluding carboxylic acids is 1. The maximum atomic E-state index is 11.8. The summed E-state index contributed by atoms with van der Waals surface area (Å²) in [6.45, 7) is 11.3. The number of ether oxygens (including phenoxy) is 1. The molecule has 0 aromatic heterocycles. The molecule has 0 bridgehead atoms. The molecule has 0 saturated carbocycles. The lowest BCUT2D eigenvalue weighted by Gasteiger charge is -2.38. The van der Waals surface area contributed by atoms with Crippen molar-refractivity contribution in [1.29, 1.82) is 0 Å². The van der Waals surface area contributed by atoms with E-state index in [9.17, 15) is 4.79 Å². The van der Waals surface area contributed by atoms with E-state index in [-0.39, 0.29) is 47.6 Å². The average Bonchev–Trinajstić information content (AvgIpc) is 2.53. The average molecular weight is 488 g/mol. The van der Waals surface area contributed by atoms with Crippen LogP contribution in [-0.4, -0.2) is 36.6 Å². The highest BCUT2D eigenvalue weighted by molar-refractivity contribution is 14.0. The minimum absolute atomic E-state index is 0. The molecule has 7 heteroatoms. The molecule has 1 aromatic rings. The molecule has 0 radical (unpaired) electrons. The highest BCUT2D eigenvalue weighted by Crippen LogP contribution is 2.39. The van der Waals surface area contributed by atoms with Gasteiger partial charge in [0.05, 0.1) is 12.6 Å². The number of hydrogen-bond acceptors (Lipinski definition) is 3. The summed E-state index contributed by atoms with van der Waals surface area (Å²) in [6, 6.07) is 8.36. The van der Waals surface area contributed by atoms with Gasteiger partial charge in [0.1, 0.15) is 11.4 Å². The van der Waals surface area contributed by atoms with Crippen molar-refractivity contribution in [3.63, 3.8) is 0 Å². The molecule has 152 valence electrons. The van der Waals surface area contributed by atoms with Crippen molar-refractivity contribution >= 4 is 35.8 Å². The van der Waals surface area contributed by atoms with Gasteiger partial charge in [-0.2, -0.15) is 0 Å². The Morgan fingerprint density at radius 2 is 2.04 bits per heavy atom. The van der Waals surface area contributed by atoms with E-state index in [1.165, 1.54) is 0 Å². The second-order valence-corrected chi connectivity index (χ2v) is 7.53. The highest BCUT2D eigenvalue weighted by atomic mass is 127. The van der Waals surface area contributed by atoms with Crippen LogP contribution >= 0.6 is 24.0 Å². The third-order valence-corrected chi connectivity index (χ3v) is 4.09. The zero-order valence-corrected chi connectivity index (χ0v) is 19.3. The summed E-state index contributed by atoms with van der Waals surface area (Å²) in [6.07, 6.45) is 1.22. The molecule has 0 saturated heterocycles. The van der Waals surface area contributed by atoms with Gasteiger partial charge in [-0.15, -0.1) is 24.0 Å². The fourth-order valence-electron chi connectivity index (χ4n) is 3.08. The number of benzene rings is 1. The van der Waals surface area contributed by atoms with Crippen molar-refractivity contribution < 1.29 is 9.53 Å². The molecular weight excluding hydrogens is 455 g/mol. The van der Waals surface area contributed by atoms with E-state index >= 15 is 0 Å². The third-order valence-electron chi connectivity index (χ3n) is 4.09. The molecule has 1 heterocycles.